The second-order valence-corrected chi connectivity index (χ2v) is 5.15. The number of ether oxygens (including phenoxy) is 1. The van der Waals surface area contributed by atoms with Gasteiger partial charge in [0.25, 0.3) is 0 Å². The Hall–Kier alpha value is -0.610. The summed E-state index contributed by atoms with van der Waals surface area (Å²) in [6.07, 6.45) is 5.44. The Bertz CT molecular complexity index is 237. The number of carbonyl (C=O) groups excluding carboxylic acids is 1. The third kappa shape index (κ3) is 5.36. The normalized spacial score (nSPS) is 25.7. The maximum absolute atomic E-state index is 11.6. The van der Waals surface area contributed by atoms with E-state index in [9.17, 15) is 9.90 Å². The molecule has 1 aliphatic carbocycles. The van der Waals surface area contributed by atoms with E-state index in [0.29, 0.717) is 19.2 Å². The topological polar surface area (TPSA) is 58.6 Å². The number of hydrogen-bond acceptors (Lipinski definition) is 4. The van der Waals surface area contributed by atoms with E-state index in [1.165, 1.54) is 0 Å². The Morgan fingerprint density at radius 1 is 1.33 bits per heavy atom. The van der Waals surface area contributed by atoms with E-state index in [-0.39, 0.29) is 18.0 Å². The molecule has 1 atom stereocenters. The summed E-state index contributed by atoms with van der Waals surface area (Å²) in [5, 5.41) is 13.0. The van der Waals surface area contributed by atoms with Crippen LogP contribution >= 0.6 is 0 Å². The monoisotopic (exact) mass is 257 g/mol. The van der Waals surface area contributed by atoms with Gasteiger partial charge in [-0.15, -0.1) is 0 Å². The maximum atomic E-state index is 11.6. The molecule has 0 aromatic heterocycles. The third-order valence-electron chi connectivity index (χ3n) is 3.61. The van der Waals surface area contributed by atoms with Gasteiger partial charge in [0.05, 0.1) is 18.6 Å². The van der Waals surface area contributed by atoms with E-state index in [2.05, 4.69) is 12.2 Å². The van der Waals surface area contributed by atoms with Crippen molar-refractivity contribution in [2.75, 3.05) is 13.2 Å². The zero-order valence-electron chi connectivity index (χ0n) is 11.7. The van der Waals surface area contributed by atoms with Gasteiger partial charge in [-0.05, 0) is 39.0 Å². The van der Waals surface area contributed by atoms with Gasteiger partial charge in [0.15, 0.2) is 0 Å². The zero-order chi connectivity index (χ0) is 13.4. The van der Waals surface area contributed by atoms with Gasteiger partial charge in [-0.1, -0.05) is 13.3 Å². The van der Waals surface area contributed by atoms with E-state index in [4.69, 9.17) is 4.74 Å². The van der Waals surface area contributed by atoms with Crippen molar-refractivity contribution < 1.29 is 14.6 Å². The predicted molar refractivity (Wildman–Crippen MR) is 71.3 cm³/mol. The molecule has 0 aromatic carbocycles. The average molecular weight is 257 g/mol. The van der Waals surface area contributed by atoms with Gasteiger partial charge in [0.1, 0.15) is 0 Å². The van der Waals surface area contributed by atoms with Crippen molar-refractivity contribution in [3.63, 3.8) is 0 Å². The third-order valence-corrected chi connectivity index (χ3v) is 3.61. The molecule has 0 radical (unpaired) electrons. The van der Waals surface area contributed by atoms with Crippen molar-refractivity contribution in [2.24, 2.45) is 5.92 Å². The molecule has 4 nitrogen and oxygen atoms in total. The molecule has 1 aliphatic rings. The molecule has 1 fully saturated rings. The predicted octanol–water partition coefficient (Wildman–Crippen LogP) is 1.86. The summed E-state index contributed by atoms with van der Waals surface area (Å²) in [5.41, 5.74) is 0. The number of aliphatic hydroxyl groups excluding tert-OH is 1. The molecule has 0 heterocycles. The van der Waals surface area contributed by atoms with Crippen molar-refractivity contribution in [1.82, 2.24) is 5.32 Å². The average Bonchev–Trinajstić information content (AvgIpc) is 2.37. The summed E-state index contributed by atoms with van der Waals surface area (Å²) in [7, 11) is 0. The van der Waals surface area contributed by atoms with Gasteiger partial charge in [-0.25, -0.2) is 0 Å². The summed E-state index contributed by atoms with van der Waals surface area (Å²) in [4.78, 5) is 11.6. The molecular weight excluding hydrogens is 230 g/mol. The Balaban J connectivity index is 2.17. The number of hydrogen-bond donors (Lipinski definition) is 2. The molecule has 18 heavy (non-hydrogen) atoms. The molecule has 1 rings (SSSR count). The molecule has 0 spiro atoms. The molecule has 106 valence electrons. The Kier molecular flexibility index (Phi) is 7.28. The summed E-state index contributed by atoms with van der Waals surface area (Å²) in [5.74, 6) is 0.0468. The van der Waals surface area contributed by atoms with Crippen LogP contribution in [0.1, 0.15) is 52.4 Å². The van der Waals surface area contributed by atoms with Crippen LogP contribution < -0.4 is 5.32 Å². The minimum atomic E-state index is -0.238. The fourth-order valence-corrected chi connectivity index (χ4v) is 2.53. The van der Waals surface area contributed by atoms with Gasteiger partial charge >= 0.3 is 5.97 Å². The Morgan fingerprint density at radius 3 is 2.56 bits per heavy atom. The van der Waals surface area contributed by atoms with Gasteiger partial charge in [-0.3, -0.25) is 4.79 Å². The van der Waals surface area contributed by atoms with Crippen LogP contribution in [0.3, 0.4) is 0 Å². The van der Waals surface area contributed by atoms with E-state index in [1.54, 1.807) is 0 Å². The second kappa shape index (κ2) is 8.48. The highest BCUT2D eigenvalue weighted by molar-refractivity contribution is 5.72. The lowest BCUT2D eigenvalue weighted by Gasteiger charge is -2.28. The van der Waals surface area contributed by atoms with Gasteiger partial charge < -0.3 is 15.2 Å². The van der Waals surface area contributed by atoms with Crippen LogP contribution in [0.2, 0.25) is 0 Å². The molecule has 0 saturated heterocycles. The van der Waals surface area contributed by atoms with Crippen molar-refractivity contribution in [3.05, 3.63) is 0 Å². The van der Waals surface area contributed by atoms with Crippen molar-refractivity contribution >= 4 is 5.97 Å². The van der Waals surface area contributed by atoms with Crippen molar-refractivity contribution in [3.8, 4) is 0 Å². The zero-order valence-corrected chi connectivity index (χ0v) is 11.7. The highest BCUT2D eigenvalue weighted by Gasteiger charge is 2.27. The number of carbonyl (C=O) groups is 1. The van der Waals surface area contributed by atoms with E-state index < -0.39 is 0 Å². The molecule has 4 heteroatoms. The number of aliphatic hydroxyl groups is 1. The van der Waals surface area contributed by atoms with Crippen LogP contribution in [0.5, 0.6) is 0 Å². The second-order valence-electron chi connectivity index (χ2n) is 5.15. The molecular formula is C14H27NO3. The van der Waals surface area contributed by atoms with Crippen LogP contribution in [-0.4, -0.2) is 36.4 Å². The van der Waals surface area contributed by atoms with Crippen LogP contribution in [-0.2, 0) is 9.53 Å². The molecule has 2 N–H and O–H groups in total. The molecule has 0 amide bonds. The first-order valence-corrected chi connectivity index (χ1v) is 7.25. The fourth-order valence-electron chi connectivity index (χ4n) is 2.53. The van der Waals surface area contributed by atoms with Crippen molar-refractivity contribution in [1.29, 1.82) is 0 Å². The van der Waals surface area contributed by atoms with Crippen LogP contribution in [0.4, 0.5) is 0 Å². The van der Waals surface area contributed by atoms with Gasteiger partial charge in [-0.2, -0.15) is 0 Å². The first-order valence-electron chi connectivity index (χ1n) is 7.25. The first kappa shape index (κ1) is 15.4. The standard InChI is InChI=1S/C14H27NO3/c1-3-5-13(16)10-15-12-8-6-11(7-9-12)14(17)18-4-2/h11-13,15-16H,3-10H2,1-2H3. The maximum Gasteiger partial charge on any atom is 0.308 e. The van der Waals surface area contributed by atoms with Crippen LogP contribution in [0.15, 0.2) is 0 Å². The minimum absolute atomic E-state index is 0.0398. The molecule has 1 saturated carbocycles. The molecule has 1 unspecified atom stereocenters. The smallest absolute Gasteiger partial charge is 0.308 e. The summed E-state index contributed by atoms with van der Waals surface area (Å²) >= 11 is 0. The summed E-state index contributed by atoms with van der Waals surface area (Å²) in [6.45, 7) is 5.07. The summed E-state index contributed by atoms with van der Waals surface area (Å²) in [6, 6.07) is 0.446. The first-order chi connectivity index (χ1) is 8.67. The Labute approximate surface area is 110 Å². The Morgan fingerprint density at radius 2 is 2.00 bits per heavy atom. The molecule has 0 aliphatic heterocycles. The highest BCUT2D eigenvalue weighted by atomic mass is 16.5. The number of nitrogens with one attached hydrogen (secondary N) is 1. The lowest BCUT2D eigenvalue weighted by atomic mass is 9.86. The quantitative estimate of drug-likeness (QED) is 0.683. The number of esters is 1. The van der Waals surface area contributed by atoms with Gasteiger partial charge in [0, 0.05) is 12.6 Å². The molecule has 0 bridgehead atoms. The fraction of sp³-hybridized carbons (Fsp3) is 0.929. The SMILES string of the molecule is CCCC(O)CNC1CCC(C(=O)OCC)CC1. The van der Waals surface area contributed by atoms with Crippen molar-refractivity contribution in [2.45, 2.75) is 64.5 Å². The lowest BCUT2D eigenvalue weighted by Crippen LogP contribution is -2.39. The minimum Gasteiger partial charge on any atom is -0.466 e. The van der Waals surface area contributed by atoms with E-state index in [1.807, 2.05) is 6.92 Å². The largest absolute Gasteiger partial charge is 0.466 e. The highest BCUT2D eigenvalue weighted by Crippen LogP contribution is 2.25. The van der Waals surface area contributed by atoms with Gasteiger partial charge in [0.2, 0.25) is 0 Å². The lowest BCUT2D eigenvalue weighted by molar-refractivity contribution is -0.149. The molecule has 0 aromatic rings. The van der Waals surface area contributed by atoms with E-state index >= 15 is 0 Å². The number of rotatable bonds is 7. The summed E-state index contributed by atoms with van der Waals surface area (Å²) < 4.78 is 5.05. The van der Waals surface area contributed by atoms with E-state index in [0.717, 1.165) is 38.5 Å². The van der Waals surface area contributed by atoms with Crippen LogP contribution in [0, 0.1) is 5.92 Å². The van der Waals surface area contributed by atoms with Crippen LogP contribution in [0.25, 0.3) is 0 Å².